The van der Waals surface area contributed by atoms with Crippen LogP contribution in [0.5, 0.6) is 0 Å². The van der Waals surface area contributed by atoms with E-state index in [-0.39, 0.29) is 49.7 Å². The van der Waals surface area contributed by atoms with Crippen LogP contribution in [-0.2, 0) is 32.1 Å². The van der Waals surface area contributed by atoms with Crippen LogP contribution in [0.15, 0.2) is 65.7 Å². The first-order valence-corrected chi connectivity index (χ1v) is 16.9. The van der Waals surface area contributed by atoms with Crippen LogP contribution >= 0.6 is 0 Å². The number of aliphatic hydroxyl groups excluding tert-OH is 1. The summed E-state index contributed by atoms with van der Waals surface area (Å²) in [5, 5.41) is 19.5. The number of aliphatic hydroxyl groups is 1. The number of alkyl carbamates (subject to hydrolysis) is 1. The van der Waals surface area contributed by atoms with Gasteiger partial charge in [-0.3, -0.25) is 19.4 Å². The van der Waals surface area contributed by atoms with Gasteiger partial charge in [-0.15, -0.1) is 0 Å². The zero-order valence-corrected chi connectivity index (χ0v) is 29.4. The number of rotatable bonds is 20. The fourth-order valence-electron chi connectivity index (χ4n) is 5.46. The molecule has 0 saturated heterocycles. The highest BCUT2D eigenvalue weighted by Crippen LogP contribution is 2.17. The number of nitrogens with one attached hydrogen (secondary N) is 3. The van der Waals surface area contributed by atoms with Gasteiger partial charge in [0.05, 0.1) is 18.6 Å². The third kappa shape index (κ3) is 15.4. The third-order valence-corrected chi connectivity index (χ3v) is 7.90. The van der Waals surface area contributed by atoms with Crippen LogP contribution in [0.3, 0.4) is 0 Å². The van der Waals surface area contributed by atoms with Crippen LogP contribution in [0.2, 0.25) is 0 Å². The lowest BCUT2D eigenvalue weighted by atomic mass is 9.95. The summed E-state index contributed by atoms with van der Waals surface area (Å²) in [7, 11) is 1.50. The maximum absolute atomic E-state index is 13.9. The average molecular weight is 682 g/mol. The number of hydrogen-bond donors (Lipinski definition) is 6. The molecule has 0 bridgehead atoms. The molecule has 0 aliphatic rings. The first-order valence-electron chi connectivity index (χ1n) is 16.9. The van der Waals surface area contributed by atoms with Crippen molar-refractivity contribution in [3.63, 3.8) is 0 Å². The van der Waals surface area contributed by atoms with Gasteiger partial charge < -0.3 is 42.2 Å². The van der Waals surface area contributed by atoms with Crippen LogP contribution in [-0.4, -0.2) is 84.1 Å². The topological polar surface area (TPSA) is 201 Å². The predicted octanol–water partition coefficient (Wildman–Crippen LogP) is 2.46. The van der Waals surface area contributed by atoms with Crippen molar-refractivity contribution in [1.82, 2.24) is 20.9 Å². The Morgan fingerprint density at radius 2 is 1.53 bits per heavy atom. The van der Waals surface area contributed by atoms with Crippen molar-refractivity contribution in [2.45, 2.75) is 90.6 Å². The summed E-state index contributed by atoms with van der Waals surface area (Å²) in [6, 6.07) is 16.2. The van der Waals surface area contributed by atoms with E-state index in [4.69, 9.17) is 16.2 Å². The Bertz CT molecular complexity index is 1340. The minimum Gasteiger partial charge on any atom is -0.445 e. The minimum atomic E-state index is -1.15. The fraction of sp³-hybridized carbons (Fsp3) is 0.528. The molecule has 2 aromatic rings. The van der Waals surface area contributed by atoms with E-state index in [9.17, 15) is 24.3 Å². The number of benzene rings is 2. The molecule has 8 N–H and O–H groups in total. The second-order valence-corrected chi connectivity index (χ2v) is 12.9. The van der Waals surface area contributed by atoms with Crippen LogP contribution in [0.4, 0.5) is 4.79 Å². The summed E-state index contributed by atoms with van der Waals surface area (Å²) in [6.07, 6.45) is -0.516. The number of amides is 4. The summed E-state index contributed by atoms with van der Waals surface area (Å²) in [6.45, 7) is 8.18. The van der Waals surface area contributed by atoms with Gasteiger partial charge in [0.2, 0.25) is 17.7 Å². The molecule has 270 valence electrons. The zero-order chi connectivity index (χ0) is 36.3. The fourth-order valence-corrected chi connectivity index (χ4v) is 5.46. The SMILES string of the molecule is CC(C)C[C@H](NC(=O)[C@H](C(C)C)N(C)C(=O)[C@H](CCCN=C(N)N)NC(=O)OCc1ccccc1)[C@@H](O)CC(=O)NCCc1ccccc1. The summed E-state index contributed by atoms with van der Waals surface area (Å²) in [5.41, 5.74) is 12.7. The Balaban J connectivity index is 2.11. The number of nitrogens with zero attached hydrogens (tertiary/aromatic N) is 2. The smallest absolute Gasteiger partial charge is 0.408 e. The van der Waals surface area contributed by atoms with Gasteiger partial charge in [0.1, 0.15) is 18.7 Å². The van der Waals surface area contributed by atoms with Crippen LogP contribution in [0.1, 0.15) is 64.5 Å². The minimum absolute atomic E-state index is 0.0130. The first kappa shape index (κ1) is 40.5. The van der Waals surface area contributed by atoms with Crippen LogP contribution < -0.4 is 27.4 Å². The Labute approximate surface area is 290 Å². The molecule has 0 aliphatic heterocycles. The van der Waals surface area contributed by atoms with E-state index in [1.807, 2.05) is 74.5 Å². The van der Waals surface area contributed by atoms with Crippen LogP contribution in [0.25, 0.3) is 0 Å². The number of carbonyl (C=O) groups excluding carboxylic acids is 4. The van der Waals surface area contributed by atoms with Gasteiger partial charge in [0.15, 0.2) is 5.96 Å². The molecule has 0 saturated carbocycles. The van der Waals surface area contributed by atoms with E-state index < -0.39 is 42.1 Å². The molecular weight excluding hydrogens is 626 g/mol. The summed E-state index contributed by atoms with van der Waals surface area (Å²) in [5.74, 6) is -1.64. The monoisotopic (exact) mass is 681 g/mol. The molecule has 0 aromatic heterocycles. The van der Waals surface area contributed by atoms with E-state index in [1.54, 1.807) is 13.8 Å². The zero-order valence-electron chi connectivity index (χ0n) is 29.4. The Morgan fingerprint density at radius 1 is 0.918 bits per heavy atom. The van der Waals surface area contributed by atoms with Crippen molar-refractivity contribution in [3.8, 4) is 0 Å². The molecule has 0 radical (unpaired) electrons. The number of likely N-dealkylation sites (N-methyl/N-ethyl adjacent to an activating group) is 1. The van der Waals surface area contributed by atoms with Crippen LogP contribution in [0, 0.1) is 11.8 Å². The predicted molar refractivity (Wildman–Crippen MR) is 190 cm³/mol. The lowest BCUT2D eigenvalue weighted by Gasteiger charge is -2.35. The molecule has 2 aromatic carbocycles. The quantitative estimate of drug-likeness (QED) is 0.0695. The first-order chi connectivity index (χ1) is 23.3. The highest BCUT2D eigenvalue weighted by molar-refractivity contribution is 5.91. The van der Waals surface area contributed by atoms with Crippen molar-refractivity contribution in [1.29, 1.82) is 0 Å². The molecule has 4 amide bonds. The van der Waals surface area contributed by atoms with Gasteiger partial charge in [-0.2, -0.15) is 0 Å². The molecule has 13 nitrogen and oxygen atoms in total. The van der Waals surface area contributed by atoms with Crippen molar-refractivity contribution < 1.29 is 29.0 Å². The lowest BCUT2D eigenvalue weighted by Crippen LogP contribution is -2.58. The van der Waals surface area contributed by atoms with Gasteiger partial charge in [-0.25, -0.2) is 4.79 Å². The van der Waals surface area contributed by atoms with E-state index >= 15 is 0 Å². The van der Waals surface area contributed by atoms with E-state index in [2.05, 4.69) is 20.9 Å². The van der Waals surface area contributed by atoms with Gasteiger partial charge >= 0.3 is 6.09 Å². The van der Waals surface area contributed by atoms with Gasteiger partial charge in [0.25, 0.3) is 0 Å². The van der Waals surface area contributed by atoms with E-state index in [0.717, 1.165) is 11.1 Å². The molecule has 4 atom stereocenters. The normalized spacial score (nSPS) is 13.5. The summed E-state index contributed by atoms with van der Waals surface area (Å²) in [4.78, 5) is 58.4. The number of ether oxygens (including phenoxy) is 1. The summed E-state index contributed by atoms with van der Waals surface area (Å²) >= 11 is 0. The van der Waals surface area contributed by atoms with Crippen molar-refractivity contribution >= 4 is 29.8 Å². The summed E-state index contributed by atoms with van der Waals surface area (Å²) < 4.78 is 5.35. The molecule has 0 spiro atoms. The average Bonchev–Trinajstić information content (AvgIpc) is 3.05. The second kappa shape index (κ2) is 21.3. The van der Waals surface area contributed by atoms with Gasteiger partial charge in [-0.1, -0.05) is 88.4 Å². The number of aliphatic imine (C=N–C) groups is 1. The number of hydrogen-bond acceptors (Lipinski definition) is 7. The molecule has 0 unspecified atom stereocenters. The van der Waals surface area contributed by atoms with Gasteiger partial charge in [0, 0.05) is 20.1 Å². The molecule has 13 heteroatoms. The largest absolute Gasteiger partial charge is 0.445 e. The Kier molecular flexibility index (Phi) is 17.7. The molecule has 49 heavy (non-hydrogen) atoms. The van der Waals surface area contributed by atoms with Crippen molar-refractivity contribution in [2.75, 3.05) is 20.1 Å². The number of carbonyl (C=O) groups is 4. The van der Waals surface area contributed by atoms with Crippen molar-refractivity contribution in [2.24, 2.45) is 28.3 Å². The highest BCUT2D eigenvalue weighted by atomic mass is 16.5. The maximum Gasteiger partial charge on any atom is 0.408 e. The standard InChI is InChI=1S/C36H55N7O6/c1-24(2)21-29(30(44)22-31(45)39-20-18-26-13-8-6-9-14-26)41-33(46)32(25(3)4)43(5)34(47)28(17-12-19-40-35(37)38)42-36(48)49-23-27-15-10-7-11-16-27/h6-11,13-16,24-25,28-30,32,44H,12,17-23H2,1-5H3,(H,39,45)(H,41,46)(H,42,48)(H4,37,38,40)/t28-,29-,30-,32-/m0/s1. The Hall–Kier alpha value is -4.65. The third-order valence-electron chi connectivity index (χ3n) is 7.90. The molecule has 0 fully saturated rings. The number of nitrogens with two attached hydrogens (primary N) is 2. The molecule has 0 aliphatic carbocycles. The van der Waals surface area contributed by atoms with Gasteiger partial charge in [-0.05, 0) is 48.6 Å². The maximum atomic E-state index is 13.9. The molecular formula is C36H55N7O6. The highest BCUT2D eigenvalue weighted by Gasteiger charge is 2.36. The second-order valence-electron chi connectivity index (χ2n) is 12.9. The Morgan fingerprint density at radius 3 is 2.10 bits per heavy atom. The molecule has 0 heterocycles. The van der Waals surface area contributed by atoms with E-state index in [1.165, 1.54) is 11.9 Å². The lowest BCUT2D eigenvalue weighted by molar-refractivity contribution is -0.143. The van der Waals surface area contributed by atoms with Crippen molar-refractivity contribution in [3.05, 3.63) is 71.8 Å². The number of guanidine groups is 1. The van der Waals surface area contributed by atoms with E-state index in [0.29, 0.717) is 25.8 Å². The molecule has 2 rings (SSSR count).